The van der Waals surface area contributed by atoms with E-state index in [1.54, 1.807) is 26.1 Å². The van der Waals surface area contributed by atoms with E-state index >= 15 is 0 Å². The Kier molecular flexibility index (Phi) is 7.55. The van der Waals surface area contributed by atoms with Crippen molar-refractivity contribution in [1.29, 1.82) is 0 Å². The summed E-state index contributed by atoms with van der Waals surface area (Å²) in [5.41, 5.74) is -2.19. The second-order valence-corrected chi connectivity index (χ2v) is 9.74. The zero-order valence-electron chi connectivity index (χ0n) is 18.5. The molecule has 0 bridgehead atoms. The van der Waals surface area contributed by atoms with Gasteiger partial charge in [-0.25, -0.2) is 17.9 Å². The first-order chi connectivity index (χ1) is 16.6. The van der Waals surface area contributed by atoms with E-state index in [-0.39, 0.29) is 17.4 Å². The summed E-state index contributed by atoms with van der Waals surface area (Å²) >= 11 is 7.91. The number of ether oxygens (including phenoxy) is 2. The number of thiol groups is 1. The molecule has 188 valence electrons. The van der Waals surface area contributed by atoms with Gasteiger partial charge in [0.15, 0.2) is 17.5 Å². The van der Waals surface area contributed by atoms with Gasteiger partial charge in [0.25, 0.3) is 0 Å². The topological polar surface area (TPSA) is 103 Å². The molecule has 2 N–H and O–H groups in total. The highest BCUT2D eigenvalue weighted by molar-refractivity contribution is 9.10. The van der Waals surface area contributed by atoms with Crippen molar-refractivity contribution in [1.82, 2.24) is 20.0 Å². The molecule has 13 heteroatoms. The first-order valence-corrected chi connectivity index (χ1v) is 11.9. The summed E-state index contributed by atoms with van der Waals surface area (Å²) in [5, 5.41) is 29.7. The molecular weight excluding hydrogens is 553 g/mol. The third-order valence-corrected chi connectivity index (χ3v) is 6.55. The molecule has 3 aromatic rings. The number of hydrogen-bond donors (Lipinski definition) is 3. The maximum atomic E-state index is 13.9. The van der Waals surface area contributed by atoms with Gasteiger partial charge >= 0.3 is 0 Å². The number of halogens is 4. The van der Waals surface area contributed by atoms with Gasteiger partial charge in [-0.05, 0) is 48.0 Å². The van der Waals surface area contributed by atoms with Gasteiger partial charge in [-0.3, -0.25) is 4.98 Å². The summed E-state index contributed by atoms with van der Waals surface area (Å²) in [7, 11) is 0. The molecule has 0 amide bonds. The molecule has 2 aromatic heterocycles. The van der Waals surface area contributed by atoms with Crippen LogP contribution in [0.4, 0.5) is 13.2 Å². The number of nitrogens with zero attached hydrogens (tertiary/aromatic N) is 4. The minimum Gasteiger partial charge on any atom is -0.394 e. The first-order valence-electron chi connectivity index (χ1n) is 10.6. The number of pyridine rings is 1. The molecule has 1 aliphatic heterocycles. The van der Waals surface area contributed by atoms with Crippen molar-refractivity contribution in [2.24, 2.45) is 0 Å². The highest BCUT2D eigenvalue weighted by Crippen LogP contribution is 2.45. The van der Waals surface area contributed by atoms with Crippen LogP contribution < -0.4 is 0 Å². The van der Waals surface area contributed by atoms with Crippen LogP contribution in [-0.4, -0.2) is 66.6 Å². The Morgan fingerprint density at radius 2 is 1.91 bits per heavy atom. The van der Waals surface area contributed by atoms with Gasteiger partial charge in [-0.2, -0.15) is 0 Å². The predicted octanol–water partition coefficient (Wildman–Crippen LogP) is 3.07. The van der Waals surface area contributed by atoms with Gasteiger partial charge in [0, 0.05) is 28.0 Å². The molecular formula is C22H22BrF3N4O4S. The summed E-state index contributed by atoms with van der Waals surface area (Å²) in [6.45, 7) is 3.02. The molecule has 0 radical (unpaired) electrons. The Bertz CT molecular complexity index is 1200. The van der Waals surface area contributed by atoms with Crippen LogP contribution in [0.5, 0.6) is 0 Å². The molecule has 8 nitrogen and oxygen atoms in total. The Hall–Kier alpha value is -2.03. The summed E-state index contributed by atoms with van der Waals surface area (Å²) in [6.07, 6.45) is 0.481. The highest BCUT2D eigenvalue weighted by atomic mass is 79.9. The van der Waals surface area contributed by atoms with Gasteiger partial charge in [0.1, 0.15) is 35.0 Å². The second kappa shape index (κ2) is 10.1. The first kappa shape index (κ1) is 26.0. The normalized spacial score (nSPS) is 26.9. The fraction of sp³-hybridized carbons (Fsp3) is 0.409. The summed E-state index contributed by atoms with van der Waals surface area (Å²) in [6, 6.07) is 3.27. The Balaban J connectivity index is 1.97. The molecule has 0 saturated carbocycles. The van der Waals surface area contributed by atoms with Crippen molar-refractivity contribution < 1.29 is 32.9 Å². The Morgan fingerprint density at radius 3 is 2.51 bits per heavy atom. The zero-order chi connectivity index (χ0) is 25.5. The summed E-state index contributed by atoms with van der Waals surface area (Å²) in [5.74, 6) is -4.38. The summed E-state index contributed by atoms with van der Waals surface area (Å²) < 4.78 is 55.0. The van der Waals surface area contributed by atoms with Crippen LogP contribution in [0.3, 0.4) is 0 Å². The predicted molar refractivity (Wildman–Crippen MR) is 125 cm³/mol. The van der Waals surface area contributed by atoms with E-state index in [0.29, 0.717) is 10.0 Å². The molecule has 1 aliphatic rings. The van der Waals surface area contributed by atoms with Crippen LogP contribution in [0.15, 0.2) is 41.3 Å². The van der Waals surface area contributed by atoms with E-state index in [0.717, 1.165) is 12.1 Å². The fourth-order valence-electron chi connectivity index (χ4n) is 4.25. The van der Waals surface area contributed by atoms with Crippen LogP contribution in [0.1, 0.15) is 19.4 Å². The van der Waals surface area contributed by atoms with Crippen molar-refractivity contribution in [2.75, 3.05) is 6.61 Å². The van der Waals surface area contributed by atoms with Gasteiger partial charge in [-0.15, -0.1) is 17.7 Å². The molecule has 1 saturated heterocycles. The SMILES string of the molecule is CC(C)O[C@@H]1[C@H](S)O[C@@H](CO)[C@@H](O)[C@@]1(c1cncc(Br)c1)n1cc(-c2cc(F)c(F)c(F)c2)nn1. The standard InChI is InChI=1S/C22H22BrF3N4O4S/c1-10(2)33-20-21(35)34-17(9-31)19(32)22(20,12-5-13(23)7-27-6-12)30-8-16(28-29-30)11-3-14(24)18(26)15(25)4-11/h3-8,10,17,19-21,31-32,35H,9H2,1-2H3/t17-,19+,20+,21-,22+/m0/s1. The van der Waals surface area contributed by atoms with E-state index in [1.807, 2.05) is 0 Å². The van der Waals surface area contributed by atoms with Gasteiger partial charge < -0.3 is 19.7 Å². The molecule has 35 heavy (non-hydrogen) atoms. The molecule has 0 aliphatic carbocycles. The van der Waals surface area contributed by atoms with Gasteiger partial charge in [-0.1, -0.05) is 5.21 Å². The Morgan fingerprint density at radius 1 is 1.23 bits per heavy atom. The minimum atomic E-state index is -1.60. The number of aliphatic hydroxyl groups is 2. The number of hydrogen-bond acceptors (Lipinski definition) is 8. The summed E-state index contributed by atoms with van der Waals surface area (Å²) in [4.78, 5) is 4.21. The lowest BCUT2D eigenvalue weighted by molar-refractivity contribution is -0.227. The fourth-order valence-corrected chi connectivity index (χ4v) is 5.06. The quantitative estimate of drug-likeness (QED) is 0.307. The lowest BCUT2D eigenvalue weighted by atomic mass is 9.76. The van der Waals surface area contributed by atoms with Crippen LogP contribution in [0.2, 0.25) is 0 Å². The van der Waals surface area contributed by atoms with E-state index < -0.39 is 53.3 Å². The Labute approximate surface area is 212 Å². The zero-order valence-corrected chi connectivity index (χ0v) is 21.0. The van der Waals surface area contributed by atoms with Crippen molar-refractivity contribution in [3.8, 4) is 11.3 Å². The lowest BCUT2D eigenvalue weighted by Gasteiger charge is -2.52. The van der Waals surface area contributed by atoms with Crippen LogP contribution in [-0.2, 0) is 15.0 Å². The second-order valence-electron chi connectivity index (χ2n) is 8.32. The van der Waals surface area contributed by atoms with Crippen molar-refractivity contribution in [2.45, 2.75) is 49.2 Å². The third kappa shape index (κ3) is 4.60. The molecule has 1 fully saturated rings. The van der Waals surface area contributed by atoms with Gasteiger partial charge in [0.05, 0.1) is 18.9 Å². The van der Waals surface area contributed by atoms with E-state index in [1.165, 1.54) is 17.1 Å². The largest absolute Gasteiger partial charge is 0.394 e. The molecule has 0 unspecified atom stereocenters. The molecule has 3 heterocycles. The van der Waals surface area contributed by atoms with Crippen LogP contribution in [0, 0.1) is 17.5 Å². The van der Waals surface area contributed by atoms with Crippen molar-refractivity contribution >= 4 is 28.6 Å². The van der Waals surface area contributed by atoms with Crippen LogP contribution in [0.25, 0.3) is 11.3 Å². The maximum Gasteiger partial charge on any atom is 0.194 e. The minimum absolute atomic E-state index is 0.00313. The van der Waals surface area contributed by atoms with E-state index in [4.69, 9.17) is 9.47 Å². The maximum absolute atomic E-state index is 13.9. The number of rotatable bonds is 6. The van der Waals surface area contributed by atoms with E-state index in [2.05, 4.69) is 43.9 Å². The lowest BCUT2D eigenvalue weighted by Crippen LogP contribution is -2.68. The average molecular weight is 575 g/mol. The van der Waals surface area contributed by atoms with E-state index in [9.17, 15) is 23.4 Å². The molecule has 1 aromatic carbocycles. The number of aliphatic hydroxyl groups excluding tert-OH is 2. The highest BCUT2D eigenvalue weighted by Gasteiger charge is 2.60. The number of benzene rings is 1. The van der Waals surface area contributed by atoms with Crippen molar-refractivity contribution in [3.05, 3.63) is 64.3 Å². The smallest absolute Gasteiger partial charge is 0.194 e. The molecule has 4 rings (SSSR count). The molecule has 0 spiro atoms. The third-order valence-electron chi connectivity index (χ3n) is 5.73. The number of aromatic nitrogens is 4. The van der Waals surface area contributed by atoms with Crippen molar-refractivity contribution in [3.63, 3.8) is 0 Å². The average Bonchev–Trinajstić information content (AvgIpc) is 3.30. The van der Waals surface area contributed by atoms with Gasteiger partial charge in [0.2, 0.25) is 0 Å². The monoisotopic (exact) mass is 574 g/mol. The van der Waals surface area contributed by atoms with Crippen LogP contribution >= 0.6 is 28.6 Å². The molecule has 5 atom stereocenters.